The SMILES string of the molecule is O=C1Cc2cc(N3CCN(S(=O)(=O)Cc4ccccc4)CC3)ccc2N1. The normalized spacial score (nSPS) is 17.8. The first-order valence-electron chi connectivity index (χ1n) is 8.71. The van der Waals surface area contributed by atoms with Gasteiger partial charge in [0.1, 0.15) is 0 Å². The molecular weight excluding hydrogens is 350 g/mol. The predicted molar refractivity (Wildman–Crippen MR) is 102 cm³/mol. The Morgan fingerprint density at radius 1 is 0.962 bits per heavy atom. The van der Waals surface area contributed by atoms with Gasteiger partial charge in [-0.15, -0.1) is 0 Å². The monoisotopic (exact) mass is 371 g/mol. The van der Waals surface area contributed by atoms with Gasteiger partial charge < -0.3 is 10.2 Å². The Kier molecular flexibility index (Phi) is 4.42. The lowest BCUT2D eigenvalue weighted by Gasteiger charge is -2.35. The Morgan fingerprint density at radius 3 is 2.42 bits per heavy atom. The number of sulfonamides is 1. The number of hydrogen-bond acceptors (Lipinski definition) is 4. The van der Waals surface area contributed by atoms with Crippen LogP contribution in [0.1, 0.15) is 11.1 Å². The molecule has 1 N–H and O–H groups in total. The number of carbonyl (C=O) groups excluding carboxylic acids is 1. The van der Waals surface area contributed by atoms with Crippen LogP contribution < -0.4 is 10.2 Å². The molecule has 4 rings (SSSR count). The molecule has 6 nitrogen and oxygen atoms in total. The summed E-state index contributed by atoms with van der Waals surface area (Å²) >= 11 is 0. The third-order valence-corrected chi connectivity index (χ3v) is 6.75. The molecule has 0 unspecified atom stereocenters. The molecule has 2 aromatic rings. The summed E-state index contributed by atoms with van der Waals surface area (Å²) in [5, 5.41) is 2.83. The van der Waals surface area contributed by atoms with Crippen LogP contribution in [0, 0.1) is 0 Å². The number of fused-ring (bicyclic) bond motifs is 1. The molecular formula is C19H21N3O3S. The second-order valence-corrected chi connectivity index (χ2v) is 8.66. The zero-order chi connectivity index (χ0) is 18.1. The maximum atomic E-state index is 12.6. The Labute approximate surface area is 153 Å². The first-order chi connectivity index (χ1) is 12.5. The van der Waals surface area contributed by atoms with Crippen molar-refractivity contribution in [1.82, 2.24) is 4.31 Å². The Bertz CT molecular complexity index is 920. The number of anilines is 2. The molecule has 1 saturated heterocycles. The van der Waals surface area contributed by atoms with Gasteiger partial charge in [-0.25, -0.2) is 8.42 Å². The molecule has 1 fully saturated rings. The molecule has 2 aliphatic rings. The van der Waals surface area contributed by atoms with Crippen LogP contribution in [-0.2, 0) is 27.0 Å². The average molecular weight is 371 g/mol. The zero-order valence-corrected chi connectivity index (χ0v) is 15.2. The lowest BCUT2D eigenvalue weighted by atomic mass is 10.1. The summed E-state index contributed by atoms with van der Waals surface area (Å²) < 4.78 is 26.9. The third-order valence-electron chi connectivity index (χ3n) is 4.90. The van der Waals surface area contributed by atoms with Crippen LogP contribution >= 0.6 is 0 Å². The van der Waals surface area contributed by atoms with Gasteiger partial charge in [-0.2, -0.15) is 4.31 Å². The first-order valence-corrected chi connectivity index (χ1v) is 10.3. The number of amides is 1. The molecule has 7 heteroatoms. The molecule has 0 bridgehead atoms. The van der Waals surface area contributed by atoms with Crippen LogP contribution in [0.25, 0.3) is 0 Å². The molecule has 2 heterocycles. The van der Waals surface area contributed by atoms with Crippen molar-refractivity contribution in [2.45, 2.75) is 12.2 Å². The fourth-order valence-corrected chi connectivity index (χ4v) is 5.03. The lowest BCUT2D eigenvalue weighted by Crippen LogP contribution is -2.49. The second kappa shape index (κ2) is 6.74. The summed E-state index contributed by atoms with van der Waals surface area (Å²) in [6.07, 6.45) is 0.411. The van der Waals surface area contributed by atoms with Crippen molar-refractivity contribution in [1.29, 1.82) is 0 Å². The van der Waals surface area contributed by atoms with Crippen molar-refractivity contribution in [3.8, 4) is 0 Å². The molecule has 0 spiro atoms. The number of hydrogen-bond donors (Lipinski definition) is 1. The van der Waals surface area contributed by atoms with Gasteiger partial charge in [0.05, 0.1) is 12.2 Å². The fraction of sp³-hybridized carbons (Fsp3) is 0.316. The summed E-state index contributed by atoms with van der Waals surface area (Å²) in [5.41, 5.74) is 3.74. The predicted octanol–water partition coefficient (Wildman–Crippen LogP) is 1.83. The number of nitrogens with zero attached hydrogens (tertiary/aromatic N) is 2. The van der Waals surface area contributed by atoms with Gasteiger partial charge in [-0.1, -0.05) is 30.3 Å². The van der Waals surface area contributed by atoms with E-state index >= 15 is 0 Å². The van der Waals surface area contributed by atoms with Crippen molar-refractivity contribution in [2.24, 2.45) is 0 Å². The fourth-order valence-electron chi connectivity index (χ4n) is 3.51. The van der Waals surface area contributed by atoms with Crippen molar-refractivity contribution in [2.75, 3.05) is 36.4 Å². The Morgan fingerprint density at radius 2 is 1.69 bits per heavy atom. The van der Waals surface area contributed by atoms with E-state index in [-0.39, 0.29) is 11.7 Å². The van der Waals surface area contributed by atoms with Gasteiger partial charge in [0, 0.05) is 37.6 Å². The average Bonchev–Trinajstić information content (AvgIpc) is 3.01. The minimum absolute atomic E-state index is 0.0222. The van der Waals surface area contributed by atoms with Crippen molar-refractivity contribution in [3.63, 3.8) is 0 Å². The van der Waals surface area contributed by atoms with E-state index in [1.165, 1.54) is 0 Å². The standard InChI is InChI=1S/C19H21N3O3S/c23-19-13-16-12-17(6-7-18(16)20-19)21-8-10-22(11-9-21)26(24,25)14-15-4-2-1-3-5-15/h1-7,12H,8-11,13-14H2,(H,20,23). The van der Waals surface area contributed by atoms with Gasteiger partial charge in [0.25, 0.3) is 0 Å². The van der Waals surface area contributed by atoms with Gasteiger partial charge in [0.15, 0.2) is 0 Å². The van der Waals surface area contributed by atoms with Gasteiger partial charge >= 0.3 is 0 Å². The molecule has 0 radical (unpaired) electrons. The van der Waals surface area contributed by atoms with Crippen molar-refractivity contribution < 1.29 is 13.2 Å². The van der Waals surface area contributed by atoms with Crippen LogP contribution in [0.3, 0.4) is 0 Å². The highest BCUT2D eigenvalue weighted by atomic mass is 32.2. The smallest absolute Gasteiger partial charge is 0.228 e. The van der Waals surface area contributed by atoms with E-state index in [0.717, 1.165) is 22.5 Å². The molecule has 2 aliphatic heterocycles. The summed E-state index contributed by atoms with van der Waals surface area (Å²) in [7, 11) is -3.31. The third kappa shape index (κ3) is 3.45. The Hall–Kier alpha value is -2.38. The molecule has 1 amide bonds. The summed E-state index contributed by atoms with van der Waals surface area (Å²) in [6, 6.07) is 15.2. The van der Waals surface area contributed by atoms with Crippen LogP contribution in [0.4, 0.5) is 11.4 Å². The van der Waals surface area contributed by atoms with E-state index in [9.17, 15) is 13.2 Å². The van der Waals surface area contributed by atoms with Crippen LogP contribution in [0.15, 0.2) is 48.5 Å². The van der Waals surface area contributed by atoms with Gasteiger partial charge in [-0.05, 0) is 29.3 Å². The maximum Gasteiger partial charge on any atom is 0.228 e. The quantitative estimate of drug-likeness (QED) is 0.890. The number of carbonyl (C=O) groups is 1. The highest BCUT2D eigenvalue weighted by Gasteiger charge is 2.28. The van der Waals surface area contributed by atoms with Crippen molar-refractivity contribution in [3.05, 3.63) is 59.7 Å². The van der Waals surface area contributed by atoms with Crippen LogP contribution in [0.5, 0.6) is 0 Å². The number of nitrogens with one attached hydrogen (secondary N) is 1. The molecule has 0 aliphatic carbocycles. The van der Waals surface area contributed by atoms with E-state index in [2.05, 4.69) is 10.2 Å². The summed E-state index contributed by atoms with van der Waals surface area (Å²) in [6.45, 7) is 2.25. The molecule has 0 atom stereocenters. The highest BCUT2D eigenvalue weighted by molar-refractivity contribution is 7.88. The zero-order valence-electron chi connectivity index (χ0n) is 14.4. The minimum atomic E-state index is -3.31. The minimum Gasteiger partial charge on any atom is -0.369 e. The lowest BCUT2D eigenvalue weighted by molar-refractivity contribution is -0.115. The second-order valence-electron chi connectivity index (χ2n) is 6.69. The first kappa shape index (κ1) is 17.1. The van der Waals surface area contributed by atoms with Crippen molar-refractivity contribution >= 4 is 27.3 Å². The molecule has 0 aromatic heterocycles. The van der Waals surface area contributed by atoms with E-state index in [1.54, 1.807) is 4.31 Å². The number of benzene rings is 2. The molecule has 0 saturated carbocycles. The maximum absolute atomic E-state index is 12.6. The highest BCUT2D eigenvalue weighted by Crippen LogP contribution is 2.28. The number of piperazine rings is 1. The largest absolute Gasteiger partial charge is 0.369 e. The molecule has 26 heavy (non-hydrogen) atoms. The van der Waals surface area contributed by atoms with Crippen LogP contribution in [-0.4, -0.2) is 44.8 Å². The summed E-state index contributed by atoms with van der Waals surface area (Å²) in [4.78, 5) is 13.7. The van der Waals surface area contributed by atoms with E-state index in [4.69, 9.17) is 0 Å². The Balaban J connectivity index is 1.41. The summed E-state index contributed by atoms with van der Waals surface area (Å²) in [5.74, 6) is 0.0643. The van der Waals surface area contributed by atoms with E-state index < -0.39 is 10.0 Å². The van der Waals surface area contributed by atoms with Crippen LogP contribution in [0.2, 0.25) is 0 Å². The van der Waals surface area contributed by atoms with Gasteiger partial charge in [0.2, 0.25) is 15.9 Å². The van der Waals surface area contributed by atoms with Gasteiger partial charge in [-0.3, -0.25) is 4.79 Å². The number of rotatable bonds is 4. The van der Waals surface area contributed by atoms with E-state index in [0.29, 0.717) is 32.6 Å². The van der Waals surface area contributed by atoms with E-state index in [1.807, 2.05) is 48.5 Å². The topological polar surface area (TPSA) is 69.7 Å². The molecule has 2 aromatic carbocycles. The molecule has 136 valence electrons.